The van der Waals surface area contributed by atoms with Crippen LogP contribution < -0.4 is 0 Å². The van der Waals surface area contributed by atoms with Crippen molar-refractivity contribution in [2.75, 3.05) is 5.33 Å². The highest BCUT2D eigenvalue weighted by Crippen LogP contribution is 2.48. The van der Waals surface area contributed by atoms with Gasteiger partial charge in [-0.05, 0) is 44.1 Å². The van der Waals surface area contributed by atoms with E-state index in [4.69, 9.17) is 0 Å². The highest BCUT2D eigenvalue weighted by atomic mass is 79.9. The first kappa shape index (κ1) is 11.2. The summed E-state index contributed by atoms with van der Waals surface area (Å²) in [6.07, 6.45) is 3.79. The number of rotatable bonds is 4. The van der Waals surface area contributed by atoms with Crippen LogP contribution in [0.3, 0.4) is 0 Å². The van der Waals surface area contributed by atoms with E-state index >= 15 is 0 Å². The molecule has 1 aromatic heterocycles. The molecule has 0 amide bonds. The lowest BCUT2D eigenvalue weighted by atomic mass is 10.1. The Kier molecular flexibility index (Phi) is 2.93. The van der Waals surface area contributed by atoms with Crippen LogP contribution in [0, 0.1) is 19.3 Å². The molecule has 0 radical (unpaired) electrons. The lowest BCUT2D eigenvalue weighted by molar-refractivity contribution is 0.433. The average Bonchev–Trinajstić information content (AvgIpc) is 2.93. The molecule has 3 heteroatoms. The number of hydrogen-bond acceptors (Lipinski definition) is 1. The van der Waals surface area contributed by atoms with Gasteiger partial charge in [0.15, 0.2) is 0 Å². The predicted molar refractivity (Wildman–Crippen MR) is 66.5 cm³/mol. The van der Waals surface area contributed by atoms with Crippen molar-refractivity contribution in [1.82, 2.24) is 9.78 Å². The Morgan fingerprint density at radius 3 is 2.47 bits per heavy atom. The fourth-order valence-electron chi connectivity index (χ4n) is 2.23. The van der Waals surface area contributed by atoms with Gasteiger partial charge in [-0.1, -0.05) is 22.9 Å². The molecular formula is C12H19BrN2. The van der Waals surface area contributed by atoms with E-state index < -0.39 is 0 Å². The number of hydrogen-bond donors (Lipinski definition) is 0. The lowest BCUT2D eigenvalue weighted by Gasteiger charge is -2.13. The Morgan fingerprint density at radius 2 is 2.07 bits per heavy atom. The van der Waals surface area contributed by atoms with Gasteiger partial charge in [0, 0.05) is 17.6 Å². The second-order valence-electron chi connectivity index (χ2n) is 4.79. The molecule has 0 unspecified atom stereocenters. The summed E-state index contributed by atoms with van der Waals surface area (Å²) in [6.45, 7) is 7.61. The third kappa shape index (κ3) is 1.99. The number of aromatic nitrogens is 2. The molecule has 0 atom stereocenters. The van der Waals surface area contributed by atoms with Gasteiger partial charge in [0.2, 0.25) is 0 Å². The smallest absolute Gasteiger partial charge is 0.0628 e. The molecule has 0 aromatic carbocycles. The monoisotopic (exact) mass is 270 g/mol. The Bertz CT molecular complexity index is 364. The van der Waals surface area contributed by atoms with Crippen molar-refractivity contribution in [1.29, 1.82) is 0 Å². The van der Waals surface area contributed by atoms with Gasteiger partial charge in [-0.25, -0.2) is 0 Å². The summed E-state index contributed by atoms with van der Waals surface area (Å²) >= 11 is 3.62. The molecule has 1 heterocycles. The summed E-state index contributed by atoms with van der Waals surface area (Å²) in [5.74, 6) is 0. The fourth-order valence-corrected chi connectivity index (χ4v) is 2.97. The van der Waals surface area contributed by atoms with E-state index in [1.54, 1.807) is 0 Å². The van der Waals surface area contributed by atoms with E-state index in [0.717, 1.165) is 18.3 Å². The summed E-state index contributed by atoms with van der Waals surface area (Å²) in [5, 5.41) is 5.76. The van der Waals surface area contributed by atoms with Gasteiger partial charge < -0.3 is 0 Å². The summed E-state index contributed by atoms with van der Waals surface area (Å²) in [6, 6.07) is 0. The molecule has 0 N–H and O–H groups in total. The first-order chi connectivity index (χ1) is 7.12. The van der Waals surface area contributed by atoms with Gasteiger partial charge in [-0.15, -0.1) is 0 Å². The van der Waals surface area contributed by atoms with Crippen molar-refractivity contribution in [3.63, 3.8) is 0 Å². The SMILES string of the molecule is CCc1c(C)nn(CC2(CBr)CC2)c1C. The van der Waals surface area contributed by atoms with Crippen LogP contribution in [0.15, 0.2) is 0 Å². The normalized spacial score (nSPS) is 18.1. The Hall–Kier alpha value is -0.310. The molecular weight excluding hydrogens is 252 g/mol. The standard InChI is InChI=1S/C12H19BrN2/c1-4-11-9(2)14-15(10(11)3)8-12(7-13)5-6-12/h4-8H2,1-3H3. The molecule has 2 rings (SSSR count). The van der Waals surface area contributed by atoms with Crippen LogP contribution in [-0.4, -0.2) is 15.1 Å². The minimum Gasteiger partial charge on any atom is -0.269 e. The molecule has 1 aromatic rings. The number of nitrogens with zero attached hydrogens (tertiary/aromatic N) is 2. The van der Waals surface area contributed by atoms with Crippen LogP contribution in [0.25, 0.3) is 0 Å². The third-order valence-corrected chi connectivity index (χ3v) is 4.80. The van der Waals surface area contributed by atoms with Crippen LogP contribution in [0.1, 0.15) is 36.7 Å². The van der Waals surface area contributed by atoms with Crippen molar-refractivity contribution >= 4 is 15.9 Å². The van der Waals surface area contributed by atoms with Gasteiger partial charge in [0.05, 0.1) is 5.69 Å². The Labute approximate surface area is 100 Å². The van der Waals surface area contributed by atoms with Crippen molar-refractivity contribution in [2.45, 2.75) is 46.6 Å². The highest BCUT2D eigenvalue weighted by molar-refractivity contribution is 9.09. The average molecular weight is 271 g/mol. The molecule has 0 aliphatic heterocycles. The molecule has 0 saturated heterocycles. The van der Waals surface area contributed by atoms with Crippen LogP contribution in [-0.2, 0) is 13.0 Å². The van der Waals surface area contributed by atoms with Gasteiger partial charge >= 0.3 is 0 Å². The molecule has 0 bridgehead atoms. The van der Waals surface area contributed by atoms with E-state index in [9.17, 15) is 0 Å². The largest absolute Gasteiger partial charge is 0.269 e. The molecule has 2 nitrogen and oxygen atoms in total. The van der Waals surface area contributed by atoms with Gasteiger partial charge in [-0.3, -0.25) is 4.68 Å². The zero-order valence-electron chi connectivity index (χ0n) is 9.81. The molecule has 0 spiro atoms. The fraction of sp³-hybridized carbons (Fsp3) is 0.750. The van der Waals surface area contributed by atoms with Crippen molar-refractivity contribution in [2.24, 2.45) is 5.41 Å². The minimum atomic E-state index is 0.508. The molecule has 1 aliphatic rings. The van der Waals surface area contributed by atoms with Crippen LogP contribution >= 0.6 is 15.9 Å². The van der Waals surface area contributed by atoms with Gasteiger partial charge in [-0.2, -0.15) is 5.10 Å². The van der Waals surface area contributed by atoms with E-state index in [1.165, 1.54) is 29.8 Å². The van der Waals surface area contributed by atoms with Crippen molar-refractivity contribution in [3.8, 4) is 0 Å². The third-order valence-electron chi connectivity index (χ3n) is 3.61. The zero-order valence-corrected chi connectivity index (χ0v) is 11.4. The molecule has 15 heavy (non-hydrogen) atoms. The Balaban J connectivity index is 2.22. The Morgan fingerprint density at radius 1 is 1.40 bits per heavy atom. The number of aryl methyl sites for hydroxylation is 1. The molecule has 1 aliphatic carbocycles. The maximum absolute atomic E-state index is 4.65. The van der Waals surface area contributed by atoms with Crippen LogP contribution in [0.5, 0.6) is 0 Å². The van der Waals surface area contributed by atoms with Crippen LogP contribution in [0.2, 0.25) is 0 Å². The van der Waals surface area contributed by atoms with E-state index in [2.05, 4.69) is 46.5 Å². The first-order valence-corrected chi connectivity index (χ1v) is 6.83. The maximum Gasteiger partial charge on any atom is 0.0628 e. The van der Waals surface area contributed by atoms with Crippen molar-refractivity contribution in [3.05, 3.63) is 17.0 Å². The van der Waals surface area contributed by atoms with E-state index in [1.807, 2.05) is 0 Å². The van der Waals surface area contributed by atoms with Gasteiger partial charge in [0.25, 0.3) is 0 Å². The van der Waals surface area contributed by atoms with E-state index in [-0.39, 0.29) is 0 Å². The second kappa shape index (κ2) is 3.93. The van der Waals surface area contributed by atoms with Crippen molar-refractivity contribution < 1.29 is 0 Å². The molecule has 1 saturated carbocycles. The summed E-state index contributed by atoms with van der Waals surface area (Å²) in [5.41, 5.74) is 4.51. The highest BCUT2D eigenvalue weighted by Gasteiger charge is 2.42. The van der Waals surface area contributed by atoms with Crippen LogP contribution in [0.4, 0.5) is 0 Å². The van der Waals surface area contributed by atoms with Gasteiger partial charge in [0.1, 0.15) is 0 Å². The summed E-state index contributed by atoms with van der Waals surface area (Å²) in [4.78, 5) is 0. The summed E-state index contributed by atoms with van der Waals surface area (Å²) in [7, 11) is 0. The quantitative estimate of drug-likeness (QED) is 0.769. The first-order valence-electron chi connectivity index (χ1n) is 5.71. The number of halogens is 1. The lowest BCUT2D eigenvalue weighted by Crippen LogP contribution is -2.15. The predicted octanol–water partition coefficient (Wildman–Crippen LogP) is 3.24. The molecule has 1 fully saturated rings. The maximum atomic E-state index is 4.65. The summed E-state index contributed by atoms with van der Waals surface area (Å²) < 4.78 is 2.21. The zero-order chi connectivity index (χ0) is 11.1. The number of alkyl halides is 1. The second-order valence-corrected chi connectivity index (χ2v) is 5.35. The topological polar surface area (TPSA) is 17.8 Å². The minimum absolute atomic E-state index is 0.508. The molecule has 84 valence electrons. The van der Waals surface area contributed by atoms with E-state index in [0.29, 0.717) is 5.41 Å².